The van der Waals surface area contributed by atoms with Crippen molar-refractivity contribution in [2.24, 2.45) is 0 Å². The van der Waals surface area contributed by atoms with Crippen LogP contribution in [0.3, 0.4) is 0 Å². The Hall–Kier alpha value is -1.79. The molecule has 112 valence electrons. The van der Waals surface area contributed by atoms with E-state index in [2.05, 4.69) is 9.71 Å². The average Bonchev–Trinajstić information content (AvgIpc) is 2.41. The molecule has 7 heteroatoms. The van der Waals surface area contributed by atoms with Crippen molar-refractivity contribution in [2.45, 2.75) is 18.7 Å². The van der Waals surface area contributed by atoms with Crippen LogP contribution >= 0.6 is 11.6 Å². The molecule has 0 aliphatic heterocycles. The van der Waals surface area contributed by atoms with Gasteiger partial charge >= 0.3 is 0 Å². The number of rotatable bonds is 5. The van der Waals surface area contributed by atoms with Gasteiger partial charge in [-0.15, -0.1) is 0 Å². The summed E-state index contributed by atoms with van der Waals surface area (Å²) in [7, 11) is -3.74. The number of halogens is 1. The molecular weight excluding hydrogens is 312 g/mol. The average molecular weight is 327 g/mol. The van der Waals surface area contributed by atoms with Crippen LogP contribution in [0.25, 0.3) is 0 Å². The topological polar surface area (TPSA) is 68.3 Å². The first-order valence-electron chi connectivity index (χ1n) is 6.30. The van der Waals surface area contributed by atoms with Crippen LogP contribution in [0.5, 0.6) is 5.75 Å². The van der Waals surface area contributed by atoms with Crippen LogP contribution in [0, 0.1) is 6.92 Å². The number of anilines is 1. The Morgan fingerprint density at radius 1 is 1.29 bits per heavy atom. The number of pyridine rings is 1. The van der Waals surface area contributed by atoms with E-state index < -0.39 is 10.0 Å². The SMILES string of the molecule is CCOc1cc(S(=O)(=O)Nc2cc(C)ccn2)ccc1Cl. The van der Waals surface area contributed by atoms with Crippen molar-refractivity contribution >= 4 is 27.4 Å². The van der Waals surface area contributed by atoms with E-state index in [0.29, 0.717) is 17.4 Å². The molecule has 0 amide bonds. The van der Waals surface area contributed by atoms with Gasteiger partial charge in [0.2, 0.25) is 0 Å². The van der Waals surface area contributed by atoms with Crippen molar-refractivity contribution in [2.75, 3.05) is 11.3 Å². The summed E-state index contributed by atoms with van der Waals surface area (Å²) in [4.78, 5) is 4.05. The van der Waals surface area contributed by atoms with E-state index in [9.17, 15) is 8.42 Å². The fraction of sp³-hybridized carbons (Fsp3) is 0.214. The lowest BCUT2D eigenvalue weighted by molar-refractivity contribution is 0.339. The lowest BCUT2D eigenvalue weighted by atomic mass is 10.3. The summed E-state index contributed by atoms with van der Waals surface area (Å²) < 4.78 is 32.4. The van der Waals surface area contributed by atoms with E-state index in [4.69, 9.17) is 16.3 Å². The molecule has 0 bridgehead atoms. The Morgan fingerprint density at radius 2 is 2.05 bits per heavy atom. The summed E-state index contributed by atoms with van der Waals surface area (Å²) in [6.07, 6.45) is 1.54. The summed E-state index contributed by atoms with van der Waals surface area (Å²) in [6, 6.07) is 7.74. The minimum Gasteiger partial charge on any atom is -0.492 e. The summed E-state index contributed by atoms with van der Waals surface area (Å²) >= 11 is 5.95. The first-order chi connectivity index (χ1) is 9.92. The van der Waals surface area contributed by atoms with Gasteiger partial charge in [-0.1, -0.05) is 11.6 Å². The molecule has 1 aromatic heterocycles. The molecule has 2 aromatic rings. The number of nitrogens with one attached hydrogen (secondary N) is 1. The van der Waals surface area contributed by atoms with Gasteiger partial charge < -0.3 is 4.74 Å². The number of hydrogen-bond donors (Lipinski definition) is 1. The third-order valence-electron chi connectivity index (χ3n) is 2.67. The molecule has 0 fully saturated rings. The van der Waals surface area contributed by atoms with Crippen molar-refractivity contribution in [3.05, 3.63) is 47.1 Å². The van der Waals surface area contributed by atoms with Crippen LogP contribution in [-0.2, 0) is 10.0 Å². The molecule has 0 spiro atoms. The van der Waals surface area contributed by atoms with Crippen molar-refractivity contribution < 1.29 is 13.2 Å². The second-order valence-corrected chi connectivity index (χ2v) is 6.44. The number of hydrogen-bond acceptors (Lipinski definition) is 4. The molecule has 2 rings (SSSR count). The first kappa shape index (κ1) is 15.6. The normalized spacial score (nSPS) is 11.2. The van der Waals surface area contributed by atoms with Crippen molar-refractivity contribution in [1.29, 1.82) is 0 Å². The Kier molecular flexibility index (Phi) is 4.69. The zero-order chi connectivity index (χ0) is 15.5. The van der Waals surface area contributed by atoms with Crippen LogP contribution in [0.2, 0.25) is 5.02 Å². The molecule has 0 unspecified atom stereocenters. The van der Waals surface area contributed by atoms with Crippen LogP contribution < -0.4 is 9.46 Å². The summed E-state index contributed by atoms with van der Waals surface area (Å²) in [5, 5.41) is 0.365. The highest BCUT2D eigenvalue weighted by atomic mass is 35.5. The van der Waals surface area contributed by atoms with Crippen LogP contribution in [-0.4, -0.2) is 20.0 Å². The minimum atomic E-state index is -3.74. The Morgan fingerprint density at radius 3 is 2.71 bits per heavy atom. The predicted molar refractivity (Wildman–Crippen MR) is 82.4 cm³/mol. The van der Waals surface area contributed by atoms with Crippen molar-refractivity contribution in [1.82, 2.24) is 4.98 Å². The highest BCUT2D eigenvalue weighted by molar-refractivity contribution is 7.92. The van der Waals surface area contributed by atoms with Gasteiger partial charge in [-0.05, 0) is 43.7 Å². The number of aryl methyl sites for hydroxylation is 1. The molecule has 0 radical (unpaired) electrons. The highest BCUT2D eigenvalue weighted by Gasteiger charge is 2.17. The van der Waals surface area contributed by atoms with Gasteiger partial charge in [0.25, 0.3) is 10.0 Å². The standard InChI is InChI=1S/C14H15ClN2O3S/c1-3-20-13-9-11(4-5-12(13)15)21(18,19)17-14-8-10(2)6-7-16-14/h4-9H,3H2,1-2H3,(H,16,17). The third kappa shape index (κ3) is 3.86. The fourth-order valence-corrected chi connectivity index (χ4v) is 2.89. The van der Waals surface area contributed by atoms with Gasteiger partial charge in [-0.3, -0.25) is 4.72 Å². The number of aromatic nitrogens is 1. The maximum atomic E-state index is 12.3. The summed E-state index contributed by atoms with van der Waals surface area (Å²) in [5.74, 6) is 0.599. The zero-order valence-electron chi connectivity index (χ0n) is 11.6. The molecule has 21 heavy (non-hydrogen) atoms. The van der Waals surface area contributed by atoms with Crippen molar-refractivity contribution in [3.8, 4) is 5.75 Å². The monoisotopic (exact) mass is 326 g/mol. The number of sulfonamides is 1. The smallest absolute Gasteiger partial charge is 0.263 e. The lowest BCUT2D eigenvalue weighted by Crippen LogP contribution is -2.14. The largest absolute Gasteiger partial charge is 0.492 e. The van der Waals surface area contributed by atoms with Gasteiger partial charge in [0, 0.05) is 12.3 Å². The van der Waals surface area contributed by atoms with Crippen LogP contribution in [0.1, 0.15) is 12.5 Å². The quantitative estimate of drug-likeness (QED) is 0.915. The van der Waals surface area contributed by atoms with Gasteiger partial charge in [-0.2, -0.15) is 0 Å². The first-order valence-corrected chi connectivity index (χ1v) is 8.16. The Bertz CT molecular complexity index is 748. The minimum absolute atomic E-state index is 0.0682. The van der Waals surface area contributed by atoms with E-state index in [-0.39, 0.29) is 10.7 Å². The van der Waals surface area contributed by atoms with E-state index in [1.807, 2.05) is 6.92 Å². The van der Waals surface area contributed by atoms with E-state index in [0.717, 1.165) is 5.56 Å². The lowest BCUT2D eigenvalue weighted by Gasteiger charge is -2.10. The van der Waals surface area contributed by atoms with Crippen LogP contribution in [0.4, 0.5) is 5.82 Å². The zero-order valence-corrected chi connectivity index (χ0v) is 13.2. The van der Waals surface area contributed by atoms with E-state index in [1.54, 1.807) is 25.3 Å². The maximum absolute atomic E-state index is 12.3. The number of nitrogens with zero attached hydrogens (tertiary/aromatic N) is 1. The molecule has 0 aliphatic rings. The highest BCUT2D eigenvalue weighted by Crippen LogP contribution is 2.28. The van der Waals surface area contributed by atoms with Gasteiger partial charge in [0.15, 0.2) is 0 Å². The molecule has 5 nitrogen and oxygen atoms in total. The summed E-state index contributed by atoms with van der Waals surface area (Å²) in [5.41, 5.74) is 0.911. The molecule has 1 aromatic carbocycles. The Labute approximate surface area is 129 Å². The molecule has 0 atom stereocenters. The van der Waals surface area contributed by atoms with E-state index in [1.165, 1.54) is 18.2 Å². The molecular formula is C14H15ClN2O3S. The van der Waals surface area contributed by atoms with Crippen LogP contribution in [0.15, 0.2) is 41.4 Å². The molecule has 1 heterocycles. The second-order valence-electron chi connectivity index (χ2n) is 4.35. The van der Waals surface area contributed by atoms with E-state index >= 15 is 0 Å². The van der Waals surface area contributed by atoms with Gasteiger partial charge in [0.1, 0.15) is 11.6 Å². The number of ether oxygens (including phenoxy) is 1. The fourth-order valence-electron chi connectivity index (χ4n) is 1.71. The third-order valence-corrected chi connectivity index (χ3v) is 4.33. The van der Waals surface area contributed by atoms with Gasteiger partial charge in [0.05, 0.1) is 16.5 Å². The predicted octanol–water partition coefficient (Wildman–Crippen LogP) is 3.24. The molecule has 0 aliphatic carbocycles. The molecule has 0 saturated carbocycles. The number of benzene rings is 1. The summed E-state index contributed by atoms with van der Waals surface area (Å²) in [6.45, 7) is 4.05. The van der Waals surface area contributed by atoms with Gasteiger partial charge in [-0.25, -0.2) is 13.4 Å². The molecule has 1 N–H and O–H groups in total. The maximum Gasteiger partial charge on any atom is 0.263 e. The second kappa shape index (κ2) is 6.32. The molecule has 0 saturated heterocycles. The Balaban J connectivity index is 2.33. The van der Waals surface area contributed by atoms with Crippen molar-refractivity contribution in [3.63, 3.8) is 0 Å².